The molecule has 2 aliphatic rings. The zero-order chi connectivity index (χ0) is 23.4. The van der Waals surface area contributed by atoms with E-state index in [0.29, 0.717) is 43.4 Å². The fourth-order valence-corrected chi connectivity index (χ4v) is 4.37. The second-order valence-corrected chi connectivity index (χ2v) is 8.39. The highest BCUT2D eigenvalue weighted by molar-refractivity contribution is 6.05. The van der Waals surface area contributed by atoms with Crippen LogP contribution in [0.15, 0.2) is 42.5 Å². The highest BCUT2D eigenvalue weighted by Crippen LogP contribution is 2.28. The van der Waals surface area contributed by atoms with Crippen molar-refractivity contribution in [2.75, 3.05) is 38.2 Å². The van der Waals surface area contributed by atoms with Crippen LogP contribution in [0.1, 0.15) is 46.9 Å². The van der Waals surface area contributed by atoms with E-state index < -0.39 is 0 Å². The van der Waals surface area contributed by atoms with Crippen LogP contribution in [0, 0.1) is 5.41 Å². The molecule has 3 N–H and O–H groups in total. The minimum atomic E-state index is -0.307. The molecule has 1 saturated heterocycles. The summed E-state index contributed by atoms with van der Waals surface area (Å²) in [6.45, 7) is 6.73. The number of fused-ring (bicyclic) bond motifs is 1. The molecular weight excluding hydrogens is 420 g/mol. The van der Waals surface area contributed by atoms with Crippen molar-refractivity contribution in [1.82, 2.24) is 10.2 Å². The van der Waals surface area contributed by atoms with Gasteiger partial charge in [-0.3, -0.25) is 15.0 Å². The Morgan fingerprint density at radius 3 is 2.55 bits per heavy atom. The van der Waals surface area contributed by atoms with Crippen molar-refractivity contribution >= 4 is 23.4 Å². The monoisotopic (exact) mass is 450 g/mol. The molecule has 0 spiro atoms. The van der Waals surface area contributed by atoms with Crippen LogP contribution < -0.4 is 10.6 Å². The smallest absolute Gasteiger partial charge is 0.302 e. The number of anilines is 1. The van der Waals surface area contributed by atoms with E-state index in [1.807, 2.05) is 48.2 Å². The molecule has 0 aliphatic carbocycles. The van der Waals surface area contributed by atoms with Crippen LogP contribution in [0.4, 0.5) is 5.69 Å². The molecule has 0 radical (unpaired) electrons. The maximum absolute atomic E-state index is 12.9. The highest BCUT2D eigenvalue weighted by atomic mass is 16.5. The van der Waals surface area contributed by atoms with E-state index in [9.17, 15) is 9.59 Å². The van der Waals surface area contributed by atoms with Crippen LogP contribution in [-0.2, 0) is 20.7 Å². The first kappa shape index (κ1) is 22.9. The summed E-state index contributed by atoms with van der Waals surface area (Å²) in [6, 6.07) is 12.9. The van der Waals surface area contributed by atoms with E-state index >= 15 is 0 Å². The largest absolute Gasteiger partial charge is 0.461 e. The number of amidine groups is 1. The van der Waals surface area contributed by atoms with Gasteiger partial charge in [-0.05, 0) is 67.4 Å². The highest BCUT2D eigenvalue weighted by Gasteiger charge is 2.27. The molecular formula is C25H30N4O4. The van der Waals surface area contributed by atoms with Crippen molar-refractivity contribution in [1.29, 1.82) is 5.41 Å². The fourth-order valence-electron chi connectivity index (χ4n) is 4.37. The third-order valence-electron chi connectivity index (χ3n) is 6.06. The molecule has 2 unspecified atom stereocenters. The fraction of sp³-hybridized carbons (Fsp3) is 0.400. The molecule has 4 rings (SSSR count). The van der Waals surface area contributed by atoms with Gasteiger partial charge in [0.2, 0.25) is 0 Å². The van der Waals surface area contributed by atoms with Crippen LogP contribution in [0.25, 0.3) is 0 Å². The molecule has 8 heteroatoms. The lowest BCUT2D eigenvalue weighted by molar-refractivity contribution is -0.147. The summed E-state index contributed by atoms with van der Waals surface area (Å²) >= 11 is 0. The molecule has 2 aromatic rings. The van der Waals surface area contributed by atoms with Crippen LogP contribution in [-0.4, -0.2) is 61.6 Å². The lowest BCUT2D eigenvalue weighted by atomic mass is 9.90. The average molecular weight is 451 g/mol. The number of rotatable bonds is 5. The zero-order valence-electron chi connectivity index (χ0n) is 19.0. The number of nitrogens with zero attached hydrogens (tertiary/aromatic N) is 1. The molecule has 0 bridgehead atoms. The summed E-state index contributed by atoms with van der Waals surface area (Å²) < 4.78 is 10.7. The number of carbonyl (C=O) groups is 2. The van der Waals surface area contributed by atoms with Gasteiger partial charge in [-0.15, -0.1) is 0 Å². The SMILES string of the molecule is CC(=O)OC(C)C1NCCc2cc(C(=O)Nc3ccc(C(=N)N4CCOCC4)cc3)ccc21. The Bertz CT molecular complexity index is 1030. The summed E-state index contributed by atoms with van der Waals surface area (Å²) in [7, 11) is 0. The van der Waals surface area contributed by atoms with Gasteiger partial charge in [0.15, 0.2) is 0 Å². The predicted octanol–water partition coefficient (Wildman–Crippen LogP) is 2.73. The Morgan fingerprint density at radius 2 is 1.85 bits per heavy atom. The van der Waals surface area contributed by atoms with Gasteiger partial charge >= 0.3 is 5.97 Å². The molecule has 8 nitrogen and oxygen atoms in total. The summed E-state index contributed by atoms with van der Waals surface area (Å²) in [4.78, 5) is 26.2. The Balaban J connectivity index is 1.42. The van der Waals surface area contributed by atoms with Gasteiger partial charge in [-0.2, -0.15) is 0 Å². The lowest BCUT2D eigenvalue weighted by Crippen LogP contribution is -2.40. The van der Waals surface area contributed by atoms with Crippen molar-refractivity contribution in [2.45, 2.75) is 32.4 Å². The first-order chi connectivity index (χ1) is 15.9. The van der Waals surface area contributed by atoms with E-state index in [4.69, 9.17) is 14.9 Å². The number of morpholine rings is 1. The molecule has 2 aliphatic heterocycles. The Hall–Kier alpha value is -3.23. The van der Waals surface area contributed by atoms with Crippen LogP contribution >= 0.6 is 0 Å². The first-order valence-corrected chi connectivity index (χ1v) is 11.3. The van der Waals surface area contributed by atoms with E-state index in [2.05, 4.69) is 10.6 Å². The zero-order valence-corrected chi connectivity index (χ0v) is 19.0. The lowest BCUT2D eigenvalue weighted by Gasteiger charge is -2.31. The van der Waals surface area contributed by atoms with Gasteiger partial charge in [0.25, 0.3) is 5.91 Å². The first-order valence-electron chi connectivity index (χ1n) is 11.3. The van der Waals surface area contributed by atoms with Gasteiger partial charge in [0, 0.05) is 36.8 Å². The Kier molecular flexibility index (Phi) is 7.05. The molecule has 1 fully saturated rings. The van der Waals surface area contributed by atoms with Crippen molar-refractivity contribution in [3.63, 3.8) is 0 Å². The molecule has 33 heavy (non-hydrogen) atoms. The quantitative estimate of drug-likeness (QED) is 0.368. The number of nitrogens with one attached hydrogen (secondary N) is 3. The minimum absolute atomic E-state index is 0.0934. The molecule has 1 amide bonds. The Labute approximate surface area is 193 Å². The summed E-state index contributed by atoms with van der Waals surface area (Å²) in [5.41, 5.74) is 4.21. The summed E-state index contributed by atoms with van der Waals surface area (Å²) in [5.74, 6) is -0.0209. The second kappa shape index (κ2) is 10.1. The minimum Gasteiger partial charge on any atom is -0.461 e. The third kappa shape index (κ3) is 5.40. The van der Waals surface area contributed by atoms with E-state index in [1.165, 1.54) is 6.92 Å². The predicted molar refractivity (Wildman–Crippen MR) is 126 cm³/mol. The maximum atomic E-state index is 12.9. The average Bonchev–Trinajstić information content (AvgIpc) is 2.83. The second-order valence-electron chi connectivity index (χ2n) is 8.39. The number of hydrogen-bond acceptors (Lipinski definition) is 6. The number of hydrogen-bond donors (Lipinski definition) is 3. The van der Waals surface area contributed by atoms with Crippen molar-refractivity contribution in [3.05, 3.63) is 64.7 Å². The number of carbonyl (C=O) groups excluding carboxylic acids is 2. The molecule has 0 saturated carbocycles. The van der Waals surface area contributed by atoms with Crippen LogP contribution in [0.3, 0.4) is 0 Å². The number of benzene rings is 2. The Morgan fingerprint density at radius 1 is 1.15 bits per heavy atom. The normalized spacial score (nSPS) is 18.7. The van der Waals surface area contributed by atoms with Gasteiger partial charge in [0.1, 0.15) is 11.9 Å². The van der Waals surface area contributed by atoms with E-state index in [-0.39, 0.29) is 24.0 Å². The summed E-state index contributed by atoms with van der Waals surface area (Å²) in [5, 5.41) is 14.7. The van der Waals surface area contributed by atoms with Gasteiger partial charge in [-0.1, -0.05) is 6.07 Å². The van der Waals surface area contributed by atoms with Gasteiger partial charge in [0.05, 0.1) is 19.3 Å². The van der Waals surface area contributed by atoms with Gasteiger partial charge in [-0.25, -0.2) is 0 Å². The van der Waals surface area contributed by atoms with Crippen molar-refractivity contribution < 1.29 is 19.1 Å². The molecule has 0 aromatic heterocycles. The number of amides is 1. The van der Waals surface area contributed by atoms with Crippen LogP contribution in [0.2, 0.25) is 0 Å². The topological polar surface area (TPSA) is 104 Å². The number of ether oxygens (including phenoxy) is 2. The summed E-state index contributed by atoms with van der Waals surface area (Å²) in [6.07, 6.45) is 0.508. The van der Waals surface area contributed by atoms with E-state index in [0.717, 1.165) is 29.7 Å². The standard InChI is InChI=1S/C25H30N4O4/c1-16(33-17(2)30)23-22-8-5-20(15-19(22)9-10-27-23)25(31)28-21-6-3-18(4-7-21)24(26)29-11-13-32-14-12-29/h3-8,15-16,23,26-27H,9-14H2,1-2H3,(H,28,31). The molecule has 2 atom stereocenters. The van der Waals surface area contributed by atoms with E-state index in [1.54, 1.807) is 6.07 Å². The number of esters is 1. The van der Waals surface area contributed by atoms with Gasteiger partial charge < -0.3 is 25.0 Å². The maximum Gasteiger partial charge on any atom is 0.302 e. The molecule has 2 aromatic carbocycles. The van der Waals surface area contributed by atoms with Crippen molar-refractivity contribution in [3.8, 4) is 0 Å². The molecule has 2 heterocycles. The third-order valence-corrected chi connectivity index (χ3v) is 6.06. The van der Waals surface area contributed by atoms with Crippen molar-refractivity contribution in [2.24, 2.45) is 0 Å². The van der Waals surface area contributed by atoms with Crippen LogP contribution in [0.5, 0.6) is 0 Å². The molecule has 174 valence electrons.